The standard InChI is InChI=1S/C9H16N4/c1-9(2,10)8-12-11-7-5-3-4-6-13(7)8/h3-6,10H2,1-2H3. The first-order valence-corrected chi connectivity index (χ1v) is 4.80. The van der Waals surface area contributed by atoms with Crippen LogP contribution in [0, 0.1) is 0 Å². The van der Waals surface area contributed by atoms with Crippen LogP contribution in [0.2, 0.25) is 0 Å². The Kier molecular flexibility index (Phi) is 1.87. The molecule has 0 amide bonds. The summed E-state index contributed by atoms with van der Waals surface area (Å²) in [5.74, 6) is 2.02. The molecule has 1 aliphatic heterocycles. The van der Waals surface area contributed by atoms with Crippen molar-refractivity contribution in [1.82, 2.24) is 14.8 Å². The summed E-state index contributed by atoms with van der Waals surface area (Å²) in [4.78, 5) is 0. The van der Waals surface area contributed by atoms with Crippen LogP contribution >= 0.6 is 0 Å². The van der Waals surface area contributed by atoms with Gasteiger partial charge in [0.2, 0.25) is 0 Å². The van der Waals surface area contributed by atoms with Crippen molar-refractivity contribution < 1.29 is 0 Å². The van der Waals surface area contributed by atoms with E-state index in [1.165, 1.54) is 12.8 Å². The molecule has 0 spiro atoms. The van der Waals surface area contributed by atoms with Crippen molar-refractivity contribution >= 4 is 0 Å². The van der Waals surface area contributed by atoms with Crippen LogP contribution in [0.1, 0.15) is 38.3 Å². The number of hydrogen-bond donors (Lipinski definition) is 1. The summed E-state index contributed by atoms with van der Waals surface area (Å²) in [6, 6.07) is 0. The van der Waals surface area contributed by atoms with Crippen molar-refractivity contribution in [2.75, 3.05) is 0 Å². The first-order valence-electron chi connectivity index (χ1n) is 4.80. The first kappa shape index (κ1) is 8.69. The molecule has 0 aromatic carbocycles. The van der Waals surface area contributed by atoms with Gasteiger partial charge in [-0.2, -0.15) is 0 Å². The number of nitrogens with zero attached hydrogens (tertiary/aromatic N) is 3. The number of fused-ring (bicyclic) bond motifs is 1. The summed E-state index contributed by atoms with van der Waals surface area (Å²) in [7, 11) is 0. The monoisotopic (exact) mass is 180 g/mol. The van der Waals surface area contributed by atoms with E-state index in [1.54, 1.807) is 0 Å². The highest BCUT2D eigenvalue weighted by Gasteiger charge is 2.25. The Bertz CT molecular complexity index is 308. The van der Waals surface area contributed by atoms with Crippen LogP contribution in [0.5, 0.6) is 0 Å². The Hall–Kier alpha value is -0.900. The third-order valence-corrected chi connectivity index (χ3v) is 2.44. The van der Waals surface area contributed by atoms with Crippen LogP contribution in [-0.2, 0) is 18.5 Å². The normalized spacial score (nSPS) is 17.2. The molecule has 2 rings (SSSR count). The predicted molar refractivity (Wildman–Crippen MR) is 50.2 cm³/mol. The van der Waals surface area contributed by atoms with Crippen LogP contribution in [-0.4, -0.2) is 14.8 Å². The molecule has 0 radical (unpaired) electrons. The lowest BCUT2D eigenvalue weighted by Crippen LogP contribution is -2.33. The van der Waals surface area contributed by atoms with Gasteiger partial charge in [0.25, 0.3) is 0 Å². The van der Waals surface area contributed by atoms with Crippen LogP contribution < -0.4 is 5.73 Å². The first-order chi connectivity index (χ1) is 6.09. The van der Waals surface area contributed by atoms with Gasteiger partial charge in [0.15, 0.2) is 5.82 Å². The highest BCUT2D eigenvalue weighted by molar-refractivity contribution is 5.06. The fourth-order valence-corrected chi connectivity index (χ4v) is 1.78. The molecule has 1 aromatic heterocycles. The molecule has 0 saturated carbocycles. The minimum absolute atomic E-state index is 0.372. The van der Waals surface area contributed by atoms with E-state index in [-0.39, 0.29) is 5.54 Å². The highest BCUT2D eigenvalue weighted by atomic mass is 15.3. The highest BCUT2D eigenvalue weighted by Crippen LogP contribution is 2.20. The van der Waals surface area contributed by atoms with Gasteiger partial charge in [-0.1, -0.05) is 0 Å². The molecule has 0 fully saturated rings. The molecule has 2 heterocycles. The average molecular weight is 180 g/mol. The van der Waals surface area contributed by atoms with E-state index in [1.807, 2.05) is 13.8 Å². The van der Waals surface area contributed by atoms with Crippen LogP contribution in [0.25, 0.3) is 0 Å². The van der Waals surface area contributed by atoms with Gasteiger partial charge >= 0.3 is 0 Å². The van der Waals surface area contributed by atoms with Crippen LogP contribution in [0.15, 0.2) is 0 Å². The second-order valence-corrected chi connectivity index (χ2v) is 4.27. The molecular formula is C9H16N4. The molecule has 0 aliphatic carbocycles. The summed E-state index contributed by atoms with van der Waals surface area (Å²) in [6.07, 6.45) is 3.49. The van der Waals surface area contributed by atoms with Crippen molar-refractivity contribution in [3.05, 3.63) is 11.6 Å². The number of aromatic nitrogens is 3. The molecule has 2 N–H and O–H groups in total. The minimum Gasteiger partial charge on any atom is -0.319 e. The molecule has 4 heteroatoms. The lowest BCUT2D eigenvalue weighted by molar-refractivity contribution is 0.439. The third kappa shape index (κ3) is 1.46. The molecule has 72 valence electrons. The van der Waals surface area contributed by atoms with Gasteiger partial charge in [-0.15, -0.1) is 10.2 Å². The molecule has 0 bridgehead atoms. The third-order valence-electron chi connectivity index (χ3n) is 2.44. The summed E-state index contributed by atoms with van der Waals surface area (Å²) in [5.41, 5.74) is 5.63. The van der Waals surface area contributed by atoms with Gasteiger partial charge in [-0.05, 0) is 26.7 Å². The molecule has 1 aromatic rings. The number of rotatable bonds is 1. The fraction of sp³-hybridized carbons (Fsp3) is 0.778. The molecular weight excluding hydrogens is 164 g/mol. The van der Waals surface area contributed by atoms with Gasteiger partial charge in [0.1, 0.15) is 5.82 Å². The summed E-state index contributed by atoms with van der Waals surface area (Å²) in [5, 5.41) is 8.31. The number of aryl methyl sites for hydroxylation is 1. The van der Waals surface area contributed by atoms with Crippen molar-refractivity contribution in [3.63, 3.8) is 0 Å². The largest absolute Gasteiger partial charge is 0.319 e. The van der Waals surface area contributed by atoms with E-state index in [4.69, 9.17) is 5.73 Å². The maximum Gasteiger partial charge on any atom is 0.152 e. The van der Waals surface area contributed by atoms with E-state index in [2.05, 4.69) is 14.8 Å². The fourth-order valence-electron chi connectivity index (χ4n) is 1.78. The van der Waals surface area contributed by atoms with Crippen molar-refractivity contribution in [1.29, 1.82) is 0 Å². The minimum atomic E-state index is -0.372. The molecule has 0 unspecified atom stereocenters. The van der Waals surface area contributed by atoms with Gasteiger partial charge in [0, 0.05) is 13.0 Å². The zero-order valence-corrected chi connectivity index (χ0v) is 8.25. The number of nitrogens with two attached hydrogens (primary N) is 1. The van der Waals surface area contributed by atoms with Crippen LogP contribution in [0.4, 0.5) is 0 Å². The zero-order valence-electron chi connectivity index (χ0n) is 8.25. The van der Waals surface area contributed by atoms with Crippen LogP contribution in [0.3, 0.4) is 0 Å². The van der Waals surface area contributed by atoms with Crippen molar-refractivity contribution in [2.24, 2.45) is 5.73 Å². The molecule has 1 aliphatic rings. The Morgan fingerprint density at radius 1 is 1.31 bits per heavy atom. The summed E-state index contributed by atoms with van der Waals surface area (Å²) in [6.45, 7) is 4.97. The van der Waals surface area contributed by atoms with Crippen molar-refractivity contribution in [3.8, 4) is 0 Å². The lowest BCUT2D eigenvalue weighted by Gasteiger charge is -2.21. The van der Waals surface area contributed by atoms with E-state index in [0.29, 0.717) is 0 Å². The van der Waals surface area contributed by atoms with E-state index in [9.17, 15) is 0 Å². The molecule has 4 nitrogen and oxygen atoms in total. The maximum atomic E-state index is 6.00. The smallest absolute Gasteiger partial charge is 0.152 e. The Morgan fingerprint density at radius 3 is 2.77 bits per heavy atom. The van der Waals surface area contributed by atoms with Gasteiger partial charge < -0.3 is 10.3 Å². The Balaban J connectivity index is 2.43. The second-order valence-electron chi connectivity index (χ2n) is 4.27. The summed E-state index contributed by atoms with van der Waals surface area (Å²) < 4.78 is 2.17. The second kappa shape index (κ2) is 2.80. The Morgan fingerprint density at radius 2 is 2.08 bits per heavy atom. The maximum absolute atomic E-state index is 6.00. The molecule has 13 heavy (non-hydrogen) atoms. The van der Waals surface area contributed by atoms with E-state index in [0.717, 1.165) is 24.6 Å². The Labute approximate surface area is 78.1 Å². The van der Waals surface area contributed by atoms with Gasteiger partial charge in [0.05, 0.1) is 5.54 Å². The van der Waals surface area contributed by atoms with Crippen molar-refractivity contribution in [2.45, 2.75) is 45.2 Å². The topological polar surface area (TPSA) is 56.7 Å². The lowest BCUT2D eigenvalue weighted by atomic mass is 10.1. The zero-order chi connectivity index (χ0) is 9.47. The van der Waals surface area contributed by atoms with Gasteiger partial charge in [-0.3, -0.25) is 0 Å². The predicted octanol–water partition coefficient (Wildman–Crippen LogP) is 0.808. The number of hydrogen-bond acceptors (Lipinski definition) is 3. The summed E-state index contributed by atoms with van der Waals surface area (Å²) >= 11 is 0. The van der Waals surface area contributed by atoms with E-state index < -0.39 is 0 Å². The quantitative estimate of drug-likeness (QED) is 0.695. The van der Waals surface area contributed by atoms with E-state index >= 15 is 0 Å². The van der Waals surface area contributed by atoms with Gasteiger partial charge in [-0.25, -0.2) is 0 Å². The SMILES string of the molecule is CC(C)(N)c1nnc2n1CCCC2. The molecule has 0 atom stereocenters. The molecule has 0 saturated heterocycles. The average Bonchev–Trinajstić information content (AvgIpc) is 2.45.